The van der Waals surface area contributed by atoms with Gasteiger partial charge < -0.3 is 4.90 Å². The van der Waals surface area contributed by atoms with Gasteiger partial charge in [0, 0.05) is 36.7 Å². The molecular weight excluding hydrogens is 466 g/mol. The summed E-state index contributed by atoms with van der Waals surface area (Å²) in [7, 11) is -3.59. The first-order valence-electron chi connectivity index (χ1n) is 12.1. The third kappa shape index (κ3) is 4.39. The number of para-hydroxylation sites is 1. The van der Waals surface area contributed by atoms with Crippen LogP contribution in [0.25, 0.3) is 10.2 Å². The van der Waals surface area contributed by atoms with E-state index >= 15 is 0 Å². The number of rotatable bonds is 4. The van der Waals surface area contributed by atoms with E-state index in [9.17, 15) is 13.2 Å². The van der Waals surface area contributed by atoms with Gasteiger partial charge in [-0.25, -0.2) is 13.4 Å². The molecule has 5 rings (SSSR count). The maximum Gasteiger partial charge on any atom is 0.254 e. The minimum Gasteiger partial charge on any atom is -0.333 e. The highest BCUT2D eigenvalue weighted by Gasteiger charge is 2.32. The van der Waals surface area contributed by atoms with Crippen LogP contribution in [0, 0.1) is 0 Å². The number of hydrogen-bond donors (Lipinski definition) is 0. The lowest BCUT2D eigenvalue weighted by atomic mass is 9.96. The molecular formula is C26H31N3O3S2. The average Bonchev–Trinajstić information content (AvgIpc) is 3.28. The van der Waals surface area contributed by atoms with Gasteiger partial charge in [0.2, 0.25) is 10.0 Å². The van der Waals surface area contributed by atoms with E-state index in [1.165, 1.54) is 4.70 Å². The Morgan fingerprint density at radius 2 is 1.59 bits per heavy atom. The Hall–Kier alpha value is -2.29. The summed E-state index contributed by atoms with van der Waals surface area (Å²) in [5.74, 6) is 0.276. The van der Waals surface area contributed by atoms with Crippen LogP contribution < -0.4 is 0 Å². The number of hydrogen-bond acceptors (Lipinski definition) is 5. The van der Waals surface area contributed by atoms with Crippen molar-refractivity contribution in [1.29, 1.82) is 0 Å². The number of sulfonamides is 1. The Labute approximate surface area is 205 Å². The van der Waals surface area contributed by atoms with E-state index in [0.717, 1.165) is 42.6 Å². The van der Waals surface area contributed by atoms with E-state index in [-0.39, 0.29) is 28.8 Å². The maximum absolute atomic E-state index is 13.3. The zero-order valence-corrected chi connectivity index (χ0v) is 21.3. The molecule has 2 aliphatic heterocycles. The number of fused-ring (bicyclic) bond motifs is 1. The van der Waals surface area contributed by atoms with Crippen molar-refractivity contribution in [2.24, 2.45) is 0 Å². The number of likely N-dealkylation sites (tertiary alicyclic amines) is 1. The van der Waals surface area contributed by atoms with Crippen molar-refractivity contribution in [2.45, 2.75) is 68.8 Å². The van der Waals surface area contributed by atoms with E-state index in [4.69, 9.17) is 4.98 Å². The van der Waals surface area contributed by atoms with Gasteiger partial charge in [0.25, 0.3) is 5.91 Å². The van der Waals surface area contributed by atoms with Crippen molar-refractivity contribution in [1.82, 2.24) is 14.2 Å². The molecule has 6 nitrogen and oxygen atoms in total. The quantitative estimate of drug-likeness (QED) is 0.492. The average molecular weight is 498 g/mol. The summed E-state index contributed by atoms with van der Waals surface area (Å²) in [6, 6.07) is 15.0. The molecule has 1 amide bonds. The monoisotopic (exact) mass is 497 g/mol. The number of nitrogens with zero attached hydrogens (tertiary/aromatic N) is 3. The summed E-state index contributed by atoms with van der Waals surface area (Å²) in [5, 5.41) is 1.10. The lowest BCUT2D eigenvalue weighted by Gasteiger charge is -2.39. The minimum atomic E-state index is -3.59. The number of thiazole rings is 1. The first-order chi connectivity index (χ1) is 16.3. The van der Waals surface area contributed by atoms with Crippen molar-refractivity contribution in [3.63, 3.8) is 0 Å². The van der Waals surface area contributed by atoms with Crippen LogP contribution >= 0.6 is 11.3 Å². The lowest BCUT2D eigenvalue weighted by Crippen LogP contribution is -2.47. The number of aromatic nitrogens is 1. The van der Waals surface area contributed by atoms with Crippen LogP contribution in [0.2, 0.25) is 0 Å². The predicted octanol–water partition coefficient (Wildman–Crippen LogP) is 5.27. The standard InChI is InChI=1S/C26H31N3O3S2/c1-18-6-5-7-19(2)29(18)26(30)21-10-12-22(13-11-21)34(31,32)28-16-14-20(15-17-28)25-27-23-8-3-4-9-24(23)33-25/h3-4,8-13,18-20H,5-7,14-17H2,1-2H3/t18-,19+. The highest BCUT2D eigenvalue weighted by molar-refractivity contribution is 7.89. The van der Waals surface area contributed by atoms with Gasteiger partial charge in [0.05, 0.1) is 20.1 Å². The van der Waals surface area contributed by atoms with Crippen LogP contribution in [0.5, 0.6) is 0 Å². The van der Waals surface area contributed by atoms with Gasteiger partial charge in [-0.1, -0.05) is 12.1 Å². The fraction of sp³-hybridized carbons (Fsp3) is 0.462. The van der Waals surface area contributed by atoms with Gasteiger partial charge in [-0.05, 0) is 82.3 Å². The van der Waals surface area contributed by atoms with Gasteiger partial charge in [-0.2, -0.15) is 4.31 Å². The van der Waals surface area contributed by atoms with Gasteiger partial charge in [0.1, 0.15) is 0 Å². The van der Waals surface area contributed by atoms with E-state index in [0.29, 0.717) is 18.7 Å². The Bertz CT molecular complexity index is 1240. The van der Waals surface area contributed by atoms with Crippen LogP contribution in [0.1, 0.15) is 67.2 Å². The van der Waals surface area contributed by atoms with Crippen molar-refractivity contribution in [3.05, 3.63) is 59.1 Å². The summed E-state index contributed by atoms with van der Waals surface area (Å²) in [6.45, 7) is 5.13. The number of carbonyl (C=O) groups is 1. The number of amides is 1. The molecule has 0 saturated carbocycles. The van der Waals surface area contributed by atoms with Gasteiger partial charge >= 0.3 is 0 Å². The highest BCUT2D eigenvalue weighted by atomic mass is 32.2. The molecule has 2 saturated heterocycles. The third-order valence-electron chi connectivity index (χ3n) is 7.28. The summed E-state index contributed by atoms with van der Waals surface area (Å²) in [4.78, 5) is 20.0. The van der Waals surface area contributed by atoms with E-state index < -0.39 is 10.0 Å². The molecule has 3 aromatic rings. The Morgan fingerprint density at radius 1 is 0.941 bits per heavy atom. The summed E-state index contributed by atoms with van der Waals surface area (Å²) in [6.07, 6.45) is 4.69. The molecule has 1 aromatic heterocycles. The molecule has 2 atom stereocenters. The Morgan fingerprint density at radius 3 is 2.24 bits per heavy atom. The molecule has 0 bridgehead atoms. The SMILES string of the molecule is C[C@@H]1CCC[C@H](C)N1C(=O)c1ccc(S(=O)(=O)N2CCC(c3nc4ccccc4s3)CC2)cc1. The van der Waals surface area contributed by atoms with Crippen LogP contribution in [0.15, 0.2) is 53.4 Å². The number of piperidine rings is 2. The topological polar surface area (TPSA) is 70.6 Å². The smallest absolute Gasteiger partial charge is 0.254 e. The second kappa shape index (κ2) is 9.40. The molecule has 0 aliphatic carbocycles. The molecule has 2 aliphatic rings. The number of benzene rings is 2. The lowest BCUT2D eigenvalue weighted by molar-refractivity contribution is 0.0510. The van der Waals surface area contributed by atoms with Crippen LogP contribution in [-0.4, -0.2) is 53.7 Å². The fourth-order valence-corrected chi connectivity index (χ4v) is 7.90. The summed E-state index contributed by atoms with van der Waals surface area (Å²) in [5.41, 5.74) is 1.56. The summed E-state index contributed by atoms with van der Waals surface area (Å²) < 4.78 is 29.3. The van der Waals surface area contributed by atoms with E-state index in [1.54, 1.807) is 39.9 Å². The minimum absolute atomic E-state index is 0.0136. The molecule has 0 N–H and O–H groups in total. The molecule has 2 fully saturated rings. The van der Waals surface area contributed by atoms with Gasteiger partial charge in [0.15, 0.2) is 0 Å². The number of carbonyl (C=O) groups excluding carboxylic acids is 1. The molecule has 0 unspecified atom stereocenters. The van der Waals surface area contributed by atoms with Gasteiger partial charge in [-0.3, -0.25) is 4.79 Å². The van der Waals surface area contributed by atoms with E-state index in [2.05, 4.69) is 19.9 Å². The molecule has 180 valence electrons. The summed E-state index contributed by atoms with van der Waals surface area (Å²) >= 11 is 1.71. The van der Waals surface area contributed by atoms with Crippen molar-refractivity contribution >= 4 is 37.5 Å². The predicted molar refractivity (Wildman–Crippen MR) is 136 cm³/mol. The van der Waals surface area contributed by atoms with Crippen molar-refractivity contribution in [3.8, 4) is 0 Å². The highest BCUT2D eigenvalue weighted by Crippen LogP contribution is 2.35. The maximum atomic E-state index is 13.3. The van der Waals surface area contributed by atoms with Crippen molar-refractivity contribution < 1.29 is 13.2 Å². The normalized spacial score (nSPS) is 22.8. The molecule has 8 heteroatoms. The fourth-order valence-electron chi connectivity index (χ4n) is 5.30. The third-order valence-corrected chi connectivity index (χ3v) is 10.4. The first-order valence-corrected chi connectivity index (χ1v) is 14.4. The zero-order chi connectivity index (χ0) is 23.9. The van der Waals surface area contributed by atoms with Crippen LogP contribution in [0.3, 0.4) is 0 Å². The Kier molecular flexibility index (Phi) is 6.48. The Balaban J connectivity index is 1.26. The molecule has 0 radical (unpaired) electrons. The zero-order valence-electron chi connectivity index (χ0n) is 19.7. The second-order valence-corrected chi connectivity index (χ2v) is 12.6. The van der Waals surface area contributed by atoms with Crippen molar-refractivity contribution in [2.75, 3.05) is 13.1 Å². The molecule has 0 spiro atoms. The largest absolute Gasteiger partial charge is 0.333 e. The second-order valence-electron chi connectivity index (χ2n) is 9.56. The molecule has 2 aromatic carbocycles. The molecule has 34 heavy (non-hydrogen) atoms. The molecule has 3 heterocycles. The van der Waals surface area contributed by atoms with Crippen LogP contribution in [0.4, 0.5) is 0 Å². The first kappa shape index (κ1) is 23.5. The van der Waals surface area contributed by atoms with Crippen LogP contribution in [-0.2, 0) is 10.0 Å². The van der Waals surface area contributed by atoms with Gasteiger partial charge in [-0.15, -0.1) is 11.3 Å². The van der Waals surface area contributed by atoms with E-state index in [1.807, 2.05) is 23.1 Å².